The van der Waals surface area contributed by atoms with Gasteiger partial charge in [0.25, 0.3) is 0 Å². The summed E-state index contributed by atoms with van der Waals surface area (Å²) in [6.07, 6.45) is 3.74. The molecule has 0 radical (unpaired) electrons. The van der Waals surface area contributed by atoms with Gasteiger partial charge in [0.1, 0.15) is 5.03 Å². The highest BCUT2D eigenvalue weighted by molar-refractivity contribution is 9.10. The quantitative estimate of drug-likeness (QED) is 0.726. The summed E-state index contributed by atoms with van der Waals surface area (Å²) in [5.74, 6) is 0. The average Bonchev–Trinajstić information content (AvgIpc) is 2.79. The first-order valence-corrected chi connectivity index (χ1v) is 6.95. The Bertz CT molecular complexity index is 710. The van der Waals surface area contributed by atoms with Gasteiger partial charge in [0, 0.05) is 12.4 Å². The molecule has 3 aromatic heterocycles. The number of hydrogen-bond acceptors (Lipinski definition) is 4. The lowest BCUT2D eigenvalue weighted by atomic mass is 10.3. The summed E-state index contributed by atoms with van der Waals surface area (Å²) in [6.45, 7) is 2.04. The zero-order chi connectivity index (χ0) is 12.5. The molecule has 6 heteroatoms. The van der Waals surface area contributed by atoms with E-state index in [-0.39, 0.29) is 0 Å². The van der Waals surface area contributed by atoms with E-state index >= 15 is 0 Å². The van der Waals surface area contributed by atoms with Crippen molar-refractivity contribution in [3.8, 4) is 0 Å². The van der Waals surface area contributed by atoms with Gasteiger partial charge < -0.3 is 0 Å². The van der Waals surface area contributed by atoms with Crippen molar-refractivity contribution >= 4 is 33.3 Å². The molecule has 0 aliphatic carbocycles. The van der Waals surface area contributed by atoms with Crippen LogP contribution in [0.1, 0.15) is 5.56 Å². The molecule has 0 aliphatic rings. The topological polar surface area (TPSA) is 43.1 Å². The van der Waals surface area contributed by atoms with Gasteiger partial charge in [0.2, 0.25) is 5.16 Å². The van der Waals surface area contributed by atoms with Crippen LogP contribution < -0.4 is 0 Å². The van der Waals surface area contributed by atoms with Crippen molar-refractivity contribution in [3.05, 3.63) is 46.7 Å². The molecule has 3 aromatic rings. The van der Waals surface area contributed by atoms with Crippen LogP contribution in [-0.2, 0) is 0 Å². The summed E-state index contributed by atoms with van der Waals surface area (Å²) in [4.78, 5) is 4.36. The van der Waals surface area contributed by atoms with E-state index in [2.05, 4.69) is 31.1 Å². The van der Waals surface area contributed by atoms with Crippen molar-refractivity contribution < 1.29 is 0 Å². The van der Waals surface area contributed by atoms with Crippen LogP contribution in [0.2, 0.25) is 0 Å². The molecule has 90 valence electrons. The molecule has 3 heterocycles. The largest absolute Gasteiger partial charge is 0.277 e. The van der Waals surface area contributed by atoms with E-state index in [9.17, 15) is 0 Å². The Labute approximate surface area is 117 Å². The van der Waals surface area contributed by atoms with Gasteiger partial charge in [0.15, 0.2) is 5.65 Å². The second-order valence-corrected chi connectivity index (χ2v) is 5.51. The molecular weight excluding hydrogens is 312 g/mol. The predicted octanol–water partition coefficient (Wildman–Crippen LogP) is 3.35. The van der Waals surface area contributed by atoms with Gasteiger partial charge in [-0.05, 0) is 58.4 Å². The first-order valence-electron chi connectivity index (χ1n) is 5.34. The second-order valence-electron chi connectivity index (χ2n) is 3.76. The average molecular weight is 321 g/mol. The molecule has 0 saturated heterocycles. The number of nitrogens with zero attached hydrogens (tertiary/aromatic N) is 4. The Balaban J connectivity index is 2.04. The highest BCUT2D eigenvalue weighted by Crippen LogP contribution is 2.32. The maximum Gasteiger partial charge on any atom is 0.201 e. The number of pyridine rings is 2. The molecule has 0 bridgehead atoms. The smallest absolute Gasteiger partial charge is 0.201 e. The molecule has 18 heavy (non-hydrogen) atoms. The van der Waals surface area contributed by atoms with Crippen LogP contribution in [0.15, 0.2) is 51.3 Å². The van der Waals surface area contributed by atoms with Crippen LogP contribution in [-0.4, -0.2) is 19.6 Å². The SMILES string of the molecule is Cc1ccnc(Sc2nnc3ccccn23)c1Br. The van der Waals surface area contributed by atoms with Crippen LogP contribution in [0.3, 0.4) is 0 Å². The van der Waals surface area contributed by atoms with Crippen LogP contribution in [0.25, 0.3) is 5.65 Å². The van der Waals surface area contributed by atoms with Crippen molar-refractivity contribution in [1.82, 2.24) is 19.6 Å². The zero-order valence-electron chi connectivity index (χ0n) is 9.54. The molecule has 0 saturated carbocycles. The van der Waals surface area contributed by atoms with Crippen molar-refractivity contribution in [2.24, 2.45) is 0 Å². The second kappa shape index (κ2) is 4.70. The van der Waals surface area contributed by atoms with Crippen LogP contribution >= 0.6 is 27.7 Å². The summed E-state index contributed by atoms with van der Waals surface area (Å²) >= 11 is 5.05. The summed E-state index contributed by atoms with van der Waals surface area (Å²) in [6, 6.07) is 7.80. The van der Waals surface area contributed by atoms with Gasteiger partial charge in [-0.25, -0.2) is 4.98 Å². The summed E-state index contributed by atoms with van der Waals surface area (Å²) in [7, 11) is 0. The van der Waals surface area contributed by atoms with E-state index < -0.39 is 0 Å². The van der Waals surface area contributed by atoms with E-state index in [4.69, 9.17) is 0 Å². The van der Waals surface area contributed by atoms with Crippen LogP contribution in [0.5, 0.6) is 0 Å². The highest BCUT2D eigenvalue weighted by Gasteiger charge is 2.11. The van der Waals surface area contributed by atoms with Gasteiger partial charge in [-0.2, -0.15) is 0 Å². The lowest BCUT2D eigenvalue weighted by Gasteiger charge is -2.03. The molecular formula is C12H9BrN4S. The number of aromatic nitrogens is 4. The number of halogens is 1. The minimum Gasteiger partial charge on any atom is -0.277 e. The van der Waals surface area contributed by atoms with Gasteiger partial charge >= 0.3 is 0 Å². The summed E-state index contributed by atoms with van der Waals surface area (Å²) in [5, 5.41) is 10.00. The lowest BCUT2D eigenvalue weighted by molar-refractivity contribution is 0.915. The Morgan fingerprint density at radius 2 is 2.11 bits per heavy atom. The molecule has 3 rings (SSSR count). The third-order valence-corrected chi connectivity index (χ3v) is 4.75. The standard InChI is InChI=1S/C12H9BrN4S/c1-8-5-6-14-11(10(8)13)18-12-16-15-9-4-2-3-7-17(9)12/h2-7H,1H3. The van der Waals surface area contributed by atoms with Crippen LogP contribution in [0.4, 0.5) is 0 Å². The van der Waals surface area contributed by atoms with E-state index in [0.717, 1.165) is 25.9 Å². The first kappa shape index (κ1) is 11.7. The van der Waals surface area contributed by atoms with Crippen molar-refractivity contribution in [2.75, 3.05) is 0 Å². The Hall–Kier alpha value is -1.40. The third-order valence-electron chi connectivity index (χ3n) is 2.52. The normalized spacial score (nSPS) is 11.0. The number of hydrogen-bond donors (Lipinski definition) is 0. The van der Waals surface area contributed by atoms with E-state index in [0.29, 0.717) is 0 Å². The van der Waals surface area contributed by atoms with E-state index in [1.54, 1.807) is 6.20 Å². The third kappa shape index (κ3) is 2.02. The lowest BCUT2D eigenvalue weighted by Crippen LogP contribution is -1.89. The fraction of sp³-hybridized carbons (Fsp3) is 0.0833. The minimum absolute atomic E-state index is 0.810. The van der Waals surface area contributed by atoms with Crippen molar-refractivity contribution in [2.45, 2.75) is 17.1 Å². The summed E-state index contributed by atoms with van der Waals surface area (Å²) < 4.78 is 2.95. The predicted molar refractivity (Wildman–Crippen MR) is 73.8 cm³/mol. The number of fused-ring (bicyclic) bond motifs is 1. The van der Waals surface area contributed by atoms with Gasteiger partial charge in [-0.1, -0.05) is 6.07 Å². The molecule has 0 amide bonds. The number of aryl methyl sites for hydroxylation is 1. The molecule has 0 spiro atoms. The Kier molecular flexibility index (Phi) is 3.05. The monoisotopic (exact) mass is 320 g/mol. The molecule has 0 unspecified atom stereocenters. The maximum atomic E-state index is 4.36. The molecule has 0 aliphatic heterocycles. The van der Waals surface area contributed by atoms with E-state index in [1.807, 2.05) is 41.8 Å². The maximum absolute atomic E-state index is 4.36. The molecule has 0 fully saturated rings. The Morgan fingerprint density at radius 1 is 1.22 bits per heavy atom. The minimum atomic E-state index is 0.810. The molecule has 0 N–H and O–H groups in total. The zero-order valence-corrected chi connectivity index (χ0v) is 11.9. The first-order chi connectivity index (χ1) is 8.75. The van der Waals surface area contributed by atoms with Crippen molar-refractivity contribution in [3.63, 3.8) is 0 Å². The fourth-order valence-electron chi connectivity index (χ4n) is 1.56. The van der Waals surface area contributed by atoms with Gasteiger partial charge in [-0.15, -0.1) is 10.2 Å². The molecule has 0 aromatic carbocycles. The summed E-state index contributed by atoms with van der Waals surface area (Å²) in [5.41, 5.74) is 1.99. The van der Waals surface area contributed by atoms with Gasteiger partial charge in [0.05, 0.1) is 4.47 Å². The highest BCUT2D eigenvalue weighted by atomic mass is 79.9. The van der Waals surface area contributed by atoms with Crippen molar-refractivity contribution in [1.29, 1.82) is 0 Å². The number of rotatable bonds is 2. The molecule has 4 nitrogen and oxygen atoms in total. The Morgan fingerprint density at radius 3 is 3.00 bits per heavy atom. The molecule has 0 atom stereocenters. The van der Waals surface area contributed by atoms with Crippen LogP contribution in [0, 0.1) is 6.92 Å². The van der Waals surface area contributed by atoms with E-state index in [1.165, 1.54) is 11.8 Å². The fourth-order valence-corrected chi connectivity index (χ4v) is 2.91. The van der Waals surface area contributed by atoms with Gasteiger partial charge in [-0.3, -0.25) is 4.40 Å².